The molecule has 0 aliphatic carbocycles. The van der Waals surface area contributed by atoms with Crippen molar-refractivity contribution in [2.45, 2.75) is 0 Å². The Kier molecular flexibility index (Phi) is 3.54. The predicted octanol–water partition coefficient (Wildman–Crippen LogP) is 3.86. The molecule has 3 aromatic rings. The highest BCUT2D eigenvalue weighted by Gasteiger charge is 2.15. The maximum Gasteiger partial charge on any atom is 0.169 e. The van der Waals surface area contributed by atoms with E-state index in [2.05, 4.69) is 41.9 Å². The third-order valence-electron chi connectivity index (χ3n) is 2.62. The van der Waals surface area contributed by atoms with Gasteiger partial charge in [0.25, 0.3) is 0 Å². The minimum Gasteiger partial charge on any atom is -0.448 e. The summed E-state index contributed by atoms with van der Waals surface area (Å²) in [6, 6.07) is 7.15. The molecule has 5 nitrogen and oxygen atoms in total. The van der Waals surface area contributed by atoms with Crippen molar-refractivity contribution in [2.24, 2.45) is 0 Å². The lowest BCUT2D eigenvalue weighted by atomic mass is 10.2. The Bertz CT molecular complexity index is 762. The predicted molar refractivity (Wildman–Crippen MR) is 79.8 cm³/mol. The van der Waals surface area contributed by atoms with Gasteiger partial charge in [-0.25, -0.2) is 9.67 Å². The van der Waals surface area contributed by atoms with Crippen molar-refractivity contribution in [3.05, 3.63) is 51.4 Å². The maximum absolute atomic E-state index is 11.2. The molecule has 3 heterocycles. The summed E-state index contributed by atoms with van der Waals surface area (Å²) in [7, 11) is 0. The standard InChI is InChI=1S/C13H7Br2N3O2/c14-9-1-4-12(16-5-9)18-6-8(7-19)13(17-18)10-2-3-11(15)20-10/h1-7H. The molecule has 3 rings (SSSR count). The average molecular weight is 397 g/mol. The van der Waals surface area contributed by atoms with Gasteiger partial charge in [0.15, 0.2) is 22.5 Å². The van der Waals surface area contributed by atoms with Crippen LogP contribution in [0.1, 0.15) is 10.4 Å². The second-order valence-corrected chi connectivity index (χ2v) is 5.63. The third-order valence-corrected chi connectivity index (χ3v) is 3.52. The molecule has 20 heavy (non-hydrogen) atoms. The number of carbonyl (C=O) groups excluding carboxylic acids is 1. The molecule has 7 heteroatoms. The summed E-state index contributed by atoms with van der Waals surface area (Å²) in [5.74, 6) is 1.14. The van der Waals surface area contributed by atoms with E-state index in [1.54, 1.807) is 35.3 Å². The normalized spacial score (nSPS) is 10.7. The van der Waals surface area contributed by atoms with Crippen molar-refractivity contribution in [3.63, 3.8) is 0 Å². The van der Waals surface area contributed by atoms with Gasteiger partial charge in [-0.1, -0.05) is 0 Å². The van der Waals surface area contributed by atoms with Gasteiger partial charge in [0.1, 0.15) is 5.69 Å². The Balaban J connectivity index is 2.09. The van der Waals surface area contributed by atoms with Crippen LogP contribution in [0, 0.1) is 0 Å². The van der Waals surface area contributed by atoms with Crippen molar-refractivity contribution < 1.29 is 9.21 Å². The van der Waals surface area contributed by atoms with Crippen molar-refractivity contribution in [1.29, 1.82) is 0 Å². The lowest BCUT2D eigenvalue weighted by molar-refractivity contribution is 0.112. The molecule has 0 fully saturated rings. The molecular weight excluding hydrogens is 390 g/mol. The number of rotatable bonds is 3. The van der Waals surface area contributed by atoms with E-state index >= 15 is 0 Å². The summed E-state index contributed by atoms with van der Waals surface area (Å²) in [5.41, 5.74) is 0.923. The van der Waals surface area contributed by atoms with Crippen LogP contribution in [0.5, 0.6) is 0 Å². The van der Waals surface area contributed by atoms with Gasteiger partial charge in [0.05, 0.1) is 5.56 Å². The largest absolute Gasteiger partial charge is 0.448 e. The quantitative estimate of drug-likeness (QED) is 0.630. The second-order valence-electron chi connectivity index (χ2n) is 3.93. The number of pyridine rings is 1. The summed E-state index contributed by atoms with van der Waals surface area (Å²) < 4.78 is 8.44. The summed E-state index contributed by atoms with van der Waals surface area (Å²) in [6.07, 6.45) is 4.03. The lowest BCUT2D eigenvalue weighted by Gasteiger charge is -1.99. The fraction of sp³-hybridized carbons (Fsp3) is 0. The maximum atomic E-state index is 11.2. The van der Waals surface area contributed by atoms with Crippen LogP contribution in [0.15, 0.2) is 50.2 Å². The van der Waals surface area contributed by atoms with Gasteiger partial charge < -0.3 is 4.42 Å². The molecular formula is C13H7Br2N3O2. The molecule has 100 valence electrons. The Morgan fingerprint density at radius 1 is 1.20 bits per heavy atom. The van der Waals surface area contributed by atoms with Gasteiger partial charge in [0.2, 0.25) is 0 Å². The number of halogens is 2. The van der Waals surface area contributed by atoms with E-state index < -0.39 is 0 Å². The van der Waals surface area contributed by atoms with Crippen molar-refractivity contribution >= 4 is 38.1 Å². The molecule has 0 saturated carbocycles. The molecule has 0 atom stereocenters. The molecule has 0 N–H and O–H groups in total. The molecule has 0 amide bonds. The van der Waals surface area contributed by atoms with Gasteiger partial charge in [-0.3, -0.25) is 4.79 Å². The van der Waals surface area contributed by atoms with Gasteiger partial charge in [-0.05, 0) is 56.1 Å². The van der Waals surface area contributed by atoms with Crippen LogP contribution >= 0.6 is 31.9 Å². The summed E-state index contributed by atoms with van der Waals surface area (Å²) >= 11 is 6.55. The minimum atomic E-state index is 0.441. The zero-order valence-corrected chi connectivity index (χ0v) is 13.1. The third kappa shape index (κ3) is 2.46. The first-order valence-electron chi connectivity index (χ1n) is 5.60. The van der Waals surface area contributed by atoms with Crippen LogP contribution in [0.2, 0.25) is 0 Å². The van der Waals surface area contributed by atoms with Crippen LogP contribution in [-0.4, -0.2) is 21.1 Å². The SMILES string of the molecule is O=Cc1cn(-c2ccc(Br)cn2)nc1-c1ccc(Br)o1. The summed E-state index contributed by atoms with van der Waals surface area (Å²) in [4.78, 5) is 15.4. The van der Waals surface area contributed by atoms with Crippen LogP contribution < -0.4 is 0 Å². The number of aldehydes is 1. The summed E-state index contributed by atoms with van der Waals surface area (Å²) in [5, 5.41) is 4.36. The fourth-order valence-electron chi connectivity index (χ4n) is 1.73. The molecule has 0 aromatic carbocycles. The Hall–Kier alpha value is -1.73. The van der Waals surface area contributed by atoms with Crippen molar-refractivity contribution in [1.82, 2.24) is 14.8 Å². The van der Waals surface area contributed by atoms with Crippen molar-refractivity contribution in [2.75, 3.05) is 0 Å². The number of furan rings is 1. The Labute approximate surface area is 130 Å². The number of carbonyl (C=O) groups is 1. The highest BCUT2D eigenvalue weighted by Crippen LogP contribution is 2.26. The van der Waals surface area contributed by atoms with E-state index in [1.807, 2.05) is 6.07 Å². The molecule has 0 bridgehead atoms. The molecule has 0 saturated heterocycles. The Morgan fingerprint density at radius 2 is 2.05 bits per heavy atom. The van der Waals surface area contributed by atoms with Crippen LogP contribution in [0.4, 0.5) is 0 Å². The summed E-state index contributed by atoms with van der Waals surface area (Å²) in [6.45, 7) is 0. The van der Waals surface area contributed by atoms with E-state index in [1.165, 1.54) is 0 Å². The first-order chi connectivity index (χ1) is 9.67. The second kappa shape index (κ2) is 5.34. The molecule has 0 spiro atoms. The van der Waals surface area contributed by atoms with E-state index in [-0.39, 0.29) is 0 Å². The first kappa shape index (κ1) is 13.3. The average Bonchev–Trinajstić information content (AvgIpc) is 3.05. The fourth-order valence-corrected chi connectivity index (χ4v) is 2.27. The zero-order valence-electron chi connectivity index (χ0n) is 9.96. The number of aromatic nitrogens is 3. The number of hydrogen-bond donors (Lipinski definition) is 0. The molecule has 0 aliphatic heterocycles. The van der Waals surface area contributed by atoms with Gasteiger partial charge in [0, 0.05) is 16.9 Å². The lowest BCUT2D eigenvalue weighted by Crippen LogP contribution is -1.97. The molecule has 0 unspecified atom stereocenters. The highest BCUT2D eigenvalue weighted by atomic mass is 79.9. The van der Waals surface area contributed by atoms with Crippen LogP contribution in [-0.2, 0) is 0 Å². The first-order valence-corrected chi connectivity index (χ1v) is 7.18. The zero-order chi connectivity index (χ0) is 14.1. The monoisotopic (exact) mass is 395 g/mol. The molecule has 0 radical (unpaired) electrons. The highest BCUT2D eigenvalue weighted by molar-refractivity contribution is 9.10. The van der Waals surface area contributed by atoms with E-state index in [0.29, 0.717) is 27.5 Å². The van der Waals surface area contributed by atoms with E-state index in [9.17, 15) is 4.79 Å². The number of nitrogens with zero attached hydrogens (tertiary/aromatic N) is 3. The van der Waals surface area contributed by atoms with Gasteiger partial charge >= 0.3 is 0 Å². The van der Waals surface area contributed by atoms with Crippen LogP contribution in [0.25, 0.3) is 17.3 Å². The van der Waals surface area contributed by atoms with Crippen LogP contribution in [0.3, 0.4) is 0 Å². The van der Waals surface area contributed by atoms with E-state index in [0.717, 1.165) is 10.8 Å². The number of hydrogen-bond acceptors (Lipinski definition) is 4. The van der Waals surface area contributed by atoms with Gasteiger partial charge in [-0.2, -0.15) is 5.10 Å². The smallest absolute Gasteiger partial charge is 0.169 e. The van der Waals surface area contributed by atoms with E-state index in [4.69, 9.17) is 4.42 Å². The minimum absolute atomic E-state index is 0.441. The van der Waals surface area contributed by atoms with Crippen molar-refractivity contribution in [3.8, 4) is 17.3 Å². The molecule has 0 aliphatic rings. The Morgan fingerprint density at radius 3 is 2.65 bits per heavy atom. The molecule has 3 aromatic heterocycles. The van der Waals surface area contributed by atoms with Gasteiger partial charge in [-0.15, -0.1) is 0 Å². The topological polar surface area (TPSA) is 60.9 Å².